The van der Waals surface area contributed by atoms with Gasteiger partial charge in [0.15, 0.2) is 11.5 Å². The van der Waals surface area contributed by atoms with Crippen LogP contribution in [0.25, 0.3) is 10.9 Å². The summed E-state index contributed by atoms with van der Waals surface area (Å²) in [5.74, 6) is 0.261. The number of hydrogen-bond donors (Lipinski definition) is 2. The van der Waals surface area contributed by atoms with Crippen molar-refractivity contribution in [1.82, 2.24) is 25.5 Å². The van der Waals surface area contributed by atoms with Crippen molar-refractivity contribution >= 4 is 28.3 Å². The summed E-state index contributed by atoms with van der Waals surface area (Å²) in [6.45, 7) is 0.407. The van der Waals surface area contributed by atoms with E-state index in [4.69, 9.17) is 0 Å². The minimum Gasteiger partial charge on any atom is -0.347 e. The van der Waals surface area contributed by atoms with Crippen molar-refractivity contribution in [2.75, 3.05) is 5.32 Å². The van der Waals surface area contributed by atoms with E-state index in [0.29, 0.717) is 12.4 Å². The summed E-state index contributed by atoms with van der Waals surface area (Å²) in [4.78, 5) is 20.5. The molecule has 0 aliphatic rings. The molecule has 0 radical (unpaired) electrons. The maximum absolute atomic E-state index is 12.2. The number of pyridine rings is 2. The fourth-order valence-electron chi connectivity index (χ4n) is 2.64. The average molecular weight is 356 g/mol. The third-order valence-electron chi connectivity index (χ3n) is 4.00. The molecule has 7 heteroatoms. The minimum atomic E-state index is -0.280. The van der Waals surface area contributed by atoms with Crippen molar-refractivity contribution in [2.45, 2.75) is 6.54 Å². The van der Waals surface area contributed by atoms with Gasteiger partial charge in [-0.2, -0.15) is 0 Å². The smallest absolute Gasteiger partial charge is 0.272 e. The van der Waals surface area contributed by atoms with E-state index < -0.39 is 0 Å². The molecule has 1 aromatic carbocycles. The second kappa shape index (κ2) is 7.57. The molecule has 0 aliphatic carbocycles. The molecule has 0 spiro atoms. The van der Waals surface area contributed by atoms with E-state index >= 15 is 0 Å². The fraction of sp³-hybridized carbons (Fsp3) is 0.0500. The molecule has 0 atom stereocenters. The predicted octanol–water partition coefficient (Wildman–Crippen LogP) is 3.09. The van der Waals surface area contributed by atoms with Gasteiger partial charge >= 0.3 is 0 Å². The number of benzene rings is 1. The fourth-order valence-corrected chi connectivity index (χ4v) is 2.64. The number of amides is 1. The zero-order valence-electron chi connectivity index (χ0n) is 14.3. The van der Waals surface area contributed by atoms with Gasteiger partial charge in [-0.1, -0.05) is 18.2 Å². The summed E-state index contributed by atoms with van der Waals surface area (Å²) >= 11 is 0. The normalized spacial score (nSPS) is 10.5. The lowest BCUT2D eigenvalue weighted by molar-refractivity contribution is 0.0945. The molecule has 0 saturated heterocycles. The quantitative estimate of drug-likeness (QED) is 0.571. The Morgan fingerprint density at radius 2 is 1.74 bits per heavy atom. The van der Waals surface area contributed by atoms with Gasteiger partial charge in [0.25, 0.3) is 5.91 Å². The van der Waals surface area contributed by atoms with Crippen LogP contribution in [-0.2, 0) is 6.54 Å². The van der Waals surface area contributed by atoms with Crippen molar-refractivity contribution in [3.05, 3.63) is 84.4 Å². The Hall–Kier alpha value is -3.87. The van der Waals surface area contributed by atoms with Crippen LogP contribution in [0.2, 0.25) is 0 Å². The standard InChI is InChI=1S/C20H16N6O/c27-20(23-13-14-8-11-21-12-9-14)17-6-7-18(26-25-17)24-16-5-1-3-15-4-2-10-22-19(15)16/h1-12H,13H2,(H,23,27)(H,24,26). The van der Waals surface area contributed by atoms with Gasteiger partial charge in [0, 0.05) is 30.5 Å². The van der Waals surface area contributed by atoms with Crippen molar-refractivity contribution < 1.29 is 4.79 Å². The van der Waals surface area contributed by atoms with Crippen molar-refractivity contribution in [3.63, 3.8) is 0 Å². The summed E-state index contributed by atoms with van der Waals surface area (Å²) in [5.41, 5.74) is 2.90. The number of aromatic nitrogens is 4. The maximum atomic E-state index is 12.2. The van der Waals surface area contributed by atoms with E-state index in [0.717, 1.165) is 22.2 Å². The Bertz CT molecular complexity index is 1060. The largest absolute Gasteiger partial charge is 0.347 e. The lowest BCUT2D eigenvalue weighted by Gasteiger charge is -2.08. The van der Waals surface area contributed by atoms with Crippen molar-refractivity contribution in [2.24, 2.45) is 0 Å². The molecule has 3 heterocycles. The van der Waals surface area contributed by atoms with Crippen molar-refractivity contribution in [1.29, 1.82) is 0 Å². The number of nitrogens with one attached hydrogen (secondary N) is 2. The molecule has 3 aromatic heterocycles. The van der Waals surface area contributed by atoms with Crippen LogP contribution < -0.4 is 10.6 Å². The lowest BCUT2D eigenvalue weighted by Crippen LogP contribution is -2.24. The molecule has 0 unspecified atom stereocenters. The molecule has 0 bridgehead atoms. The molecule has 4 aromatic rings. The molecule has 132 valence electrons. The van der Waals surface area contributed by atoms with Crippen LogP contribution in [0.1, 0.15) is 16.1 Å². The highest BCUT2D eigenvalue weighted by Crippen LogP contribution is 2.23. The Balaban J connectivity index is 1.45. The van der Waals surface area contributed by atoms with Crippen LogP contribution in [0.4, 0.5) is 11.5 Å². The van der Waals surface area contributed by atoms with Gasteiger partial charge in [0.05, 0.1) is 11.2 Å². The van der Waals surface area contributed by atoms with Crippen LogP contribution >= 0.6 is 0 Å². The van der Waals surface area contributed by atoms with Crippen LogP contribution in [0, 0.1) is 0 Å². The third kappa shape index (κ3) is 3.87. The average Bonchev–Trinajstić information content (AvgIpc) is 2.74. The molecule has 4 rings (SSSR count). The Morgan fingerprint density at radius 3 is 2.56 bits per heavy atom. The van der Waals surface area contributed by atoms with E-state index in [-0.39, 0.29) is 11.6 Å². The minimum absolute atomic E-state index is 0.255. The molecule has 2 N–H and O–H groups in total. The number of carbonyl (C=O) groups excluding carboxylic acids is 1. The van der Waals surface area contributed by atoms with E-state index in [9.17, 15) is 4.79 Å². The summed E-state index contributed by atoms with van der Waals surface area (Å²) in [6, 6.07) is 16.8. The van der Waals surface area contributed by atoms with E-state index in [1.54, 1.807) is 30.7 Å². The highest BCUT2D eigenvalue weighted by Gasteiger charge is 2.09. The van der Waals surface area contributed by atoms with Crippen LogP contribution in [-0.4, -0.2) is 26.1 Å². The first-order chi connectivity index (χ1) is 13.3. The topological polar surface area (TPSA) is 92.7 Å². The number of carbonyl (C=O) groups is 1. The first-order valence-corrected chi connectivity index (χ1v) is 8.41. The number of fused-ring (bicyclic) bond motifs is 1. The molecule has 1 amide bonds. The first-order valence-electron chi connectivity index (χ1n) is 8.41. The number of anilines is 2. The summed E-state index contributed by atoms with van der Waals surface area (Å²) in [6.07, 6.45) is 5.11. The van der Waals surface area contributed by atoms with Gasteiger partial charge in [0.1, 0.15) is 0 Å². The van der Waals surface area contributed by atoms with Crippen molar-refractivity contribution in [3.8, 4) is 0 Å². The highest BCUT2D eigenvalue weighted by molar-refractivity contribution is 5.93. The third-order valence-corrected chi connectivity index (χ3v) is 4.00. The zero-order chi connectivity index (χ0) is 18.5. The second-order valence-electron chi connectivity index (χ2n) is 5.85. The van der Waals surface area contributed by atoms with Gasteiger partial charge < -0.3 is 10.6 Å². The van der Waals surface area contributed by atoms with Gasteiger partial charge in [-0.3, -0.25) is 14.8 Å². The number of rotatable bonds is 5. The van der Waals surface area contributed by atoms with Gasteiger partial charge in [-0.05, 0) is 42.0 Å². The second-order valence-corrected chi connectivity index (χ2v) is 5.85. The SMILES string of the molecule is O=C(NCc1ccncc1)c1ccc(Nc2cccc3cccnc23)nn1. The monoisotopic (exact) mass is 356 g/mol. The predicted molar refractivity (Wildman–Crippen MR) is 102 cm³/mol. The summed E-state index contributed by atoms with van der Waals surface area (Å²) in [5, 5.41) is 15.1. The molecular weight excluding hydrogens is 340 g/mol. The van der Waals surface area contributed by atoms with E-state index in [1.165, 1.54) is 0 Å². The molecule has 0 fully saturated rings. The maximum Gasteiger partial charge on any atom is 0.272 e. The number of para-hydroxylation sites is 1. The summed E-state index contributed by atoms with van der Waals surface area (Å²) < 4.78 is 0. The first kappa shape index (κ1) is 16.6. The Labute approximate surface area is 155 Å². The molecule has 27 heavy (non-hydrogen) atoms. The Kier molecular flexibility index (Phi) is 4.65. The molecular formula is C20H16N6O. The van der Waals surface area contributed by atoms with Gasteiger partial charge in [0.2, 0.25) is 0 Å². The number of nitrogens with zero attached hydrogens (tertiary/aromatic N) is 4. The van der Waals surface area contributed by atoms with Gasteiger partial charge in [-0.25, -0.2) is 0 Å². The Morgan fingerprint density at radius 1 is 0.889 bits per heavy atom. The highest BCUT2D eigenvalue weighted by atomic mass is 16.1. The van der Waals surface area contributed by atoms with Crippen LogP contribution in [0.3, 0.4) is 0 Å². The van der Waals surface area contributed by atoms with Crippen LogP contribution in [0.5, 0.6) is 0 Å². The molecule has 7 nitrogen and oxygen atoms in total. The van der Waals surface area contributed by atoms with Crippen LogP contribution in [0.15, 0.2) is 73.2 Å². The van der Waals surface area contributed by atoms with Gasteiger partial charge in [-0.15, -0.1) is 10.2 Å². The molecule has 0 aliphatic heterocycles. The summed E-state index contributed by atoms with van der Waals surface area (Å²) in [7, 11) is 0. The molecule has 0 saturated carbocycles. The lowest BCUT2D eigenvalue weighted by atomic mass is 10.2. The van der Waals surface area contributed by atoms with E-state index in [1.807, 2.05) is 42.5 Å². The van der Waals surface area contributed by atoms with E-state index in [2.05, 4.69) is 30.8 Å². The number of hydrogen-bond acceptors (Lipinski definition) is 6. The zero-order valence-corrected chi connectivity index (χ0v) is 14.3.